The smallest absolute Gasteiger partial charge is 0.872 e. The molecule has 37 heavy (non-hydrogen) atoms. The normalized spacial score (nSPS) is 10.4. The first-order valence-electron chi connectivity index (χ1n) is 15.2. The van der Waals surface area contributed by atoms with E-state index in [4.69, 9.17) is 0 Å². The van der Waals surface area contributed by atoms with Crippen LogP contribution >= 0.6 is 0 Å². The van der Waals surface area contributed by atoms with Crippen LogP contribution in [-0.2, 0) is 40.1 Å². The maximum Gasteiger partial charge on any atom is 2.00 e. The summed E-state index contributed by atoms with van der Waals surface area (Å²) in [6.45, 7) is 4.52. The van der Waals surface area contributed by atoms with E-state index in [1.54, 1.807) is 12.1 Å². The Bertz CT molecular complexity index is 683. The largest absolute Gasteiger partial charge is 2.00 e. The first-order valence-corrected chi connectivity index (χ1v) is 15.2. The Hall–Kier alpha value is -1.04. The molecular weight excluding hydrogens is 553 g/mol. The molecule has 2 nitrogen and oxygen atoms in total. The van der Waals surface area contributed by atoms with Crippen LogP contribution in [0.1, 0.15) is 141 Å². The van der Waals surface area contributed by atoms with Crippen molar-refractivity contribution in [1.82, 2.24) is 0 Å². The number of aryl methyl sites for hydroxylation is 2. The Balaban J connectivity index is 0.000000682. The predicted molar refractivity (Wildman–Crippen MR) is 154 cm³/mol. The van der Waals surface area contributed by atoms with Gasteiger partial charge in [0, 0.05) is 0 Å². The average Bonchev–Trinajstić information content (AvgIpc) is 2.89. The minimum atomic E-state index is 0. The molecule has 0 radical (unpaired) electrons. The Labute approximate surface area is 249 Å². The van der Waals surface area contributed by atoms with E-state index in [1.165, 1.54) is 103 Å². The van der Waals surface area contributed by atoms with Crippen molar-refractivity contribution in [2.75, 3.05) is 0 Å². The molecule has 0 aliphatic rings. The van der Waals surface area contributed by atoms with Gasteiger partial charge in [0.15, 0.2) is 0 Å². The molecule has 0 saturated carbocycles. The van der Waals surface area contributed by atoms with Crippen molar-refractivity contribution in [3.63, 3.8) is 0 Å². The Morgan fingerprint density at radius 3 is 0.973 bits per heavy atom. The van der Waals surface area contributed by atoms with Gasteiger partial charge in [0.25, 0.3) is 0 Å². The molecule has 0 aliphatic carbocycles. The number of benzene rings is 2. The van der Waals surface area contributed by atoms with Gasteiger partial charge in [-0.3, -0.25) is 0 Å². The SMILES string of the molecule is CCCCCCCCCCCc1ccccc1[O-].CCCCCCCCCCCc1ccccc1[O-].[Cd+2]. The summed E-state index contributed by atoms with van der Waals surface area (Å²) < 4.78 is 0. The summed E-state index contributed by atoms with van der Waals surface area (Å²) in [7, 11) is 0. The number of hydrogen-bond donors (Lipinski definition) is 0. The summed E-state index contributed by atoms with van der Waals surface area (Å²) in [6.07, 6.45) is 26.0. The molecule has 0 amide bonds. The zero-order valence-electron chi connectivity index (χ0n) is 24.3. The molecule has 0 bridgehead atoms. The Morgan fingerprint density at radius 2 is 0.676 bits per heavy atom. The molecule has 0 unspecified atom stereocenters. The summed E-state index contributed by atoms with van der Waals surface area (Å²) in [6, 6.07) is 14.8. The van der Waals surface area contributed by atoms with E-state index in [1.807, 2.05) is 36.4 Å². The van der Waals surface area contributed by atoms with Crippen LogP contribution in [0, 0.1) is 0 Å². The van der Waals surface area contributed by atoms with Crippen LogP contribution in [0.15, 0.2) is 48.5 Å². The maximum absolute atomic E-state index is 11.5. The molecule has 204 valence electrons. The molecule has 0 saturated heterocycles. The van der Waals surface area contributed by atoms with E-state index in [9.17, 15) is 10.2 Å². The third kappa shape index (κ3) is 20.6. The van der Waals surface area contributed by atoms with Crippen LogP contribution in [0.4, 0.5) is 0 Å². The van der Waals surface area contributed by atoms with Crippen molar-refractivity contribution in [3.8, 4) is 11.5 Å². The zero-order chi connectivity index (χ0) is 26.1. The van der Waals surface area contributed by atoms with E-state index in [2.05, 4.69) is 13.8 Å². The fourth-order valence-electron chi connectivity index (χ4n) is 4.67. The summed E-state index contributed by atoms with van der Waals surface area (Å²) in [5.74, 6) is 0.411. The number of unbranched alkanes of at least 4 members (excludes halogenated alkanes) is 16. The molecule has 0 fully saturated rings. The van der Waals surface area contributed by atoms with Crippen molar-refractivity contribution < 1.29 is 37.5 Å². The van der Waals surface area contributed by atoms with Gasteiger partial charge in [-0.1, -0.05) is 176 Å². The molecule has 3 heteroatoms. The van der Waals surface area contributed by atoms with Gasteiger partial charge in [-0.15, -0.1) is 11.5 Å². The van der Waals surface area contributed by atoms with E-state index in [-0.39, 0.29) is 38.8 Å². The number of hydrogen-bond acceptors (Lipinski definition) is 2. The third-order valence-electron chi connectivity index (χ3n) is 7.04. The molecule has 0 atom stereocenters. The van der Waals surface area contributed by atoms with Gasteiger partial charge in [-0.05, 0) is 25.7 Å². The van der Waals surface area contributed by atoms with Gasteiger partial charge in [-0.25, -0.2) is 0 Å². The molecule has 2 rings (SSSR count). The standard InChI is InChI=1S/2C17H28O.Cd/c2*1-2-3-4-5-6-7-8-9-10-13-16-14-11-12-15-17(16)18;/h2*11-12,14-15,18H,2-10,13H2,1H3;/q;;+2/p-2. The molecule has 0 heterocycles. The van der Waals surface area contributed by atoms with Crippen LogP contribution in [0.25, 0.3) is 0 Å². The van der Waals surface area contributed by atoms with Crippen molar-refractivity contribution >= 4 is 0 Å². The predicted octanol–water partition coefficient (Wildman–Crippen LogP) is 9.66. The minimum Gasteiger partial charge on any atom is -0.872 e. The molecule has 2 aromatic carbocycles. The van der Waals surface area contributed by atoms with Gasteiger partial charge < -0.3 is 10.2 Å². The van der Waals surface area contributed by atoms with E-state index >= 15 is 0 Å². The number of para-hydroxylation sites is 2. The maximum atomic E-state index is 11.5. The molecular formula is C34H54CdO2. The summed E-state index contributed by atoms with van der Waals surface area (Å²) in [4.78, 5) is 0. The summed E-state index contributed by atoms with van der Waals surface area (Å²) >= 11 is 0. The van der Waals surface area contributed by atoms with Gasteiger partial charge in [0.05, 0.1) is 0 Å². The second kappa shape index (κ2) is 26.6. The zero-order valence-corrected chi connectivity index (χ0v) is 28.3. The first kappa shape index (κ1) is 36.0. The molecule has 0 aliphatic heterocycles. The van der Waals surface area contributed by atoms with E-state index < -0.39 is 0 Å². The van der Waals surface area contributed by atoms with Gasteiger partial charge in [-0.2, -0.15) is 0 Å². The fourth-order valence-corrected chi connectivity index (χ4v) is 4.67. The second-order valence-corrected chi connectivity index (χ2v) is 10.4. The summed E-state index contributed by atoms with van der Waals surface area (Å²) in [5.41, 5.74) is 1.97. The topological polar surface area (TPSA) is 46.1 Å². The number of rotatable bonds is 20. The average molecular weight is 607 g/mol. The fraction of sp³-hybridized carbons (Fsp3) is 0.647. The first-order chi connectivity index (χ1) is 17.7. The summed E-state index contributed by atoms with van der Waals surface area (Å²) in [5, 5.41) is 23.0. The van der Waals surface area contributed by atoms with Crippen LogP contribution < -0.4 is 10.2 Å². The van der Waals surface area contributed by atoms with Crippen molar-refractivity contribution in [2.24, 2.45) is 0 Å². The van der Waals surface area contributed by atoms with E-state index in [0.29, 0.717) is 0 Å². The van der Waals surface area contributed by atoms with Gasteiger partial charge in [0.1, 0.15) is 0 Å². The minimum absolute atomic E-state index is 0. The molecule has 2 aromatic rings. The molecule has 0 aromatic heterocycles. The van der Waals surface area contributed by atoms with Crippen LogP contribution in [-0.4, -0.2) is 0 Å². The van der Waals surface area contributed by atoms with Crippen molar-refractivity contribution in [3.05, 3.63) is 59.7 Å². The monoisotopic (exact) mass is 608 g/mol. The molecule has 0 spiro atoms. The van der Waals surface area contributed by atoms with Crippen LogP contribution in [0.3, 0.4) is 0 Å². The quantitative estimate of drug-likeness (QED) is 0.111. The van der Waals surface area contributed by atoms with Gasteiger partial charge in [0.2, 0.25) is 0 Å². The van der Waals surface area contributed by atoms with Crippen LogP contribution in [0.5, 0.6) is 11.5 Å². The van der Waals surface area contributed by atoms with Crippen molar-refractivity contribution in [2.45, 2.75) is 142 Å². The van der Waals surface area contributed by atoms with Crippen molar-refractivity contribution in [1.29, 1.82) is 0 Å². The van der Waals surface area contributed by atoms with Crippen LogP contribution in [0.2, 0.25) is 0 Å². The second-order valence-electron chi connectivity index (χ2n) is 10.4. The third-order valence-corrected chi connectivity index (χ3v) is 7.04. The molecule has 0 N–H and O–H groups in total. The Morgan fingerprint density at radius 1 is 0.405 bits per heavy atom. The van der Waals surface area contributed by atoms with Gasteiger partial charge >= 0.3 is 27.3 Å². The van der Waals surface area contributed by atoms with E-state index in [0.717, 1.165) is 36.8 Å². The Kier molecular flexibility index (Phi) is 25.8.